The minimum atomic E-state index is 0.0176. The molecule has 1 saturated heterocycles. The summed E-state index contributed by atoms with van der Waals surface area (Å²) in [4.78, 5) is 0. The molecule has 6 heteroatoms. The SMILES string of the molecule is CCC(=C(c1ccc(OCCNCCO)cc1)c1ccc2c(cnn2C2CCCCO2)c1)c1ccccc1. The Balaban J connectivity index is 1.50. The zero-order chi connectivity index (χ0) is 26.2. The van der Waals surface area contributed by atoms with Crippen molar-refractivity contribution in [3.63, 3.8) is 0 Å². The summed E-state index contributed by atoms with van der Waals surface area (Å²) in [6.45, 7) is 4.97. The molecule has 0 radical (unpaired) electrons. The van der Waals surface area contributed by atoms with Crippen LogP contribution in [0.4, 0.5) is 0 Å². The van der Waals surface area contributed by atoms with Crippen molar-refractivity contribution in [2.24, 2.45) is 0 Å². The number of aliphatic hydroxyl groups is 1. The van der Waals surface area contributed by atoms with Crippen LogP contribution in [0.1, 0.15) is 55.5 Å². The van der Waals surface area contributed by atoms with E-state index in [9.17, 15) is 0 Å². The second-order valence-corrected chi connectivity index (χ2v) is 9.60. The molecule has 1 fully saturated rings. The van der Waals surface area contributed by atoms with Gasteiger partial charge in [-0.05, 0) is 77.8 Å². The molecule has 1 atom stereocenters. The van der Waals surface area contributed by atoms with Gasteiger partial charge in [-0.2, -0.15) is 5.10 Å². The van der Waals surface area contributed by atoms with Gasteiger partial charge in [0.15, 0.2) is 6.23 Å². The van der Waals surface area contributed by atoms with Crippen molar-refractivity contribution in [1.82, 2.24) is 15.1 Å². The number of aromatic nitrogens is 2. The third-order valence-corrected chi connectivity index (χ3v) is 7.07. The summed E-state index contributed by atoms with van der Waals surface area (Å²) in [5.41, 5.74) is 7.18. The topological polar surface area (TPSA) is 68.5 Å². The van der Waals surface area contributed by atoms with E-state index in [0.29, 0.717) is 19.7 Å². The fourth-order valence-electron chi connectivity index (χ4n) is 5.20. The van der Waals surface area contributed by atoms with E-state index in [1.807, 2.05) is 23.0 Å². The summed E-state index contributed by atoms with van der Waals surface area (Å²) >= 11 is 0. The zero-order valence-corrected chi connectivity index (χ0v) is 22.1. The summed E-state index contributed by atoms with van der Waals surface area (Å²) in [5, 5.41) is 17.9. The van der Waals surface area contributed by atoms with Gasteiger partial charge in [0, 0.05) is 25.1 Å². The van der Waals surface area contributed by atoms with Gasteiger partial charge in [0.2, 0.25) is 0 Å². The van der Waals surface area contributed by atoms with E-state index in [2.05, 4.69) is 72.9 Å². The van der Waals surface area contributed by atoms with Crippen molar-refractivity contribution in [1.29, 1.82) is 0 Å². The molecule has 2 N–H and O–H groups in total. The van der Waals surface area contributed by atoms with Gasteiger partial charge < -0.3 is 19.9 Å². The molecule has 1 aromatic heterocycles. The largest absolute Gasteiger partial charge is 0.492 e. The van der Waals surface area contributed by atoms with Crippen molar-refractivity contribution in [3.05, 3.63) is 95.7 Å². The lowest BCUT2D eigenvalue weighted by molar-refractivity contribution is -0.0366. The quantitative estimate of drug-likeness (QED) is 0.189. The van der Waals surface area contributed by atoms with Crippen LogP contribution in [0.2, 0.25) is 0 Å². The van der Waals surface area contributed by atoms with Gasteiger partial charge >= 0.3 is 0 Å². The van der Waals surface area contributed by atoms with Gasteiger partial charge in [-0.15, -0.1) is 0 Å². The molecule has 6 nitrogen and oxygen atoms in total. The Labute approximate surface area is 224 Å². The molecular formula is C32H37N3O3. The van der Waals surface area contributed by atoms with Crippen molar-refractivity contribution in [2.45, 2.75) is 38.8 Å². The monoisotopic (exact) mass is 511 g/mol. The summed E-state index contributed by atoms with van der Waals surface area (Å²) < 4.78 is 14.0. The molecular weight excluding hydrogens is 474 g/mol. The number of nitrogens with one attached hydrogen (secondary N) is 1. The van der Waals surface area contributed by atoms with Crippen LogP contribution in [0.25, 0.3) is 22.0 Å². The Hall–Kier alpha value is -3.45. The first-order valence-electron chi connectivity index (χ1n) is 13.7. The third-order valence-electron chi connectivity index (χ3n) is 7.07. The predicted molar refractivity (Wildman–Crippen MR) is 153 cm³/mol. The summed E-state index contributed by atoms with van der Waals surface area (Å²) in [5.74, 6) is 0.834. The Kier molecular flexibility index (Phi) is 8.86. The Morgan fingerprint density at radius 2 is 1.82 bits per heavy atom. The number of nitrogens with zero attached hydrogens (tertiary/aromatic N) is 2. The van der Waals surface area contributed by atoms with Gasteiger partial charge in [0.25, 0.3) is 0 Å². The Morgan fingerprint density at radius 1 is 1.00 bits per heavy atom. The molecule has 1 unspecified atom stereocenters. The highest BCUT2D eigenvalue weighted by atomic mass is 16.5. The van der Waals surface area contributed by atoms with Crippen LogP contribution in [0.5, 0.6) is 5.75 Å². The number of ether oxygens (including phenoxy) is 2. The normalized spacial score (nSPS) is 16.4. The van der Waals surface area contributed by atoms with E-state index >= 15 is 0 Å². The molecule has 0 saturated carbocycles. The minimum Gasteiger partial charge on any atom is -0.492 e. The minimum absolute atomic E-state index is 0.0176. The number of benzene rings is 3. The average Bonchev–Trinajstić information content (AvgIpc) is 3.40. The molecule has 0 aliphatic carbocycles. The first-order chi connectivity index (χ1) is 18.8. The van der Waals surface area contributed by atoms with Gasteiger partial charge in [0.1, 0.15) is 12.4 Å². The number of fused-ring (bicyclic) bond motifs is 1. The first-order valence-corrected chi connectivity index (χ1v) is 13.7. The van der Waals surface area contributed by atoms with Crippen LogP contribution in [-0.2, 0) is 4.74 Å². The summed E-state index contributed by atoms with van der Waals surface area (Å²) in [6, 6.07) is 25.7. The van der Waals surface area contributed by atoms with Crippen LogP contribution in [-0.4, -0.2) is 47.8 Å². The second kappa shape index (κ2) is 12.9. The standard InChI is InChI=1S/C32H37N3O3/c1-2-29(24-8-4-3-5-9-24)32(25-11-14-28(15-12-25)37-21-18-33-17-19-36)26-13-16-30-27(22-26)23-34-35(30)31-10-6-7-20-38-31/h3-5,8-9,11-16,22-23,31,33,36H,2,6-7,10,17-21H2,1H3. The number of hydrogen-bond donors (Lipinski definition) is 2. The van der Waals surface area contributed by atoms with Gasteiger partial charge in [-0.3, -0.25) is 0 Å². The molecule has 0 amide bonds. The molecule has 0 spiro atoms. The molecule has 0 bridgehead atoms. The highest BCUT2D eigenvalue weighted by Crippen LogP contribution is 2.37. The Bertz CT molecular complexity index is 1340. The second-order valence-electron chi connectivity index (χ2n) is 9.60. The van der Waals surface area contributed by atoms with Crippen molar-refractivity contribution in [3.8, 4) is 5.75 Å². The van der Waals surface area contributed by atoms with Crippen molar-refractivity contribution in [2.75, 3.05) is 32.9 Å². The maximum Gasteiger partial charge on any atom is 0.150 e. The maximum absolute atomic E-state index is 8.91. The van der Waals surface area contributed by atoms with Crippen LogP contribution < -0.4 is 10.1 Å². The molecule has 4 aromatic rings. The molecule has 3 aromatic carbocycles. The van der Waals surface area contributed by atoms with E-state index in [1.165, 1.54) is 28.7 Å². The van der Waals surface area contributed by atoms with Crippen molar-refractivity contribution >= 4 is 22.0 Å². The fourth-order valence-corrected chi connectivity index (χ4v) is 5.20. The molecule has 1 aliphatic heterocycles. The van der Waals surface area contributed by atoms with Crippen LogP contribution in [0, 0.1) is 0 Å². The third kappa shape index (κ3) is 5.99. The van der Waals surface area contributed by atoms with Gasteiger partial charge in [-0.1, -0.05) is 55.5 Å². The van der Waals surface area contributed by atoms with Crippen LogP contribution in [0.3, 0.4) is 0 Å². The average molecular weight is 512 g/mol. The lowest BCUT2D eigenvalue weighted by atomic mass is 9.88. The fraction of sp³-hybridized carbons (Fsp3) is 0.344. The maximum atomic E-state index is 8.91. The molecule has 2 heterocycles. The number of allylic oxidation sites excluding steroid dienone is 1. The number of aliphatic hydroxyl groups excluding tert-OH is 1. The smallest absolute Gasteiger partial charge is 0.150 e. The number of hydrogen-bond acceptors (Lipinski definition) is 5. The highest BCUT2D eigenvalue weighted by molar-refractivity contribution is 6.00. The van der Waals surface area contributed by atoms with Gasteiger partial charge in [0.05, 0.1) is 18.3 Å². The van der Waals surface area contributed by atoms with E-state index in [4.69, 9.17) is 19.7 Å². The lowest BCUT2D eigenvalue weighted by Gasteiger charge is -2.23. The Morgan fingerprint density at radius 3 is 2.55 bits per heavy atom. The zero-order valence-electron chi connectivity index (χ0n) is 22.1. The van der Waals surface area contributed by atoms with Crippen molar-refractivity contribution < 1.29 is 14.6 Å². The van der Waals surface area contributed by atoms with Crippen LogP contribution in [0.15, 0.2) is 79.0 Å². The van der Waals surface area contributed by atoms with E-state index < -0.39 is 0 Å². The molecule has 198 valence electrons. The summed E-state index contributed by atoms with van der Waals surface area (Å²) in [6.07, 6.45) is 6.18. The highest BCUT2D eigenvalue weighted by Gasteiger charge is 2.20. The van der Waals surface area contributed by atoms with E-state index in [1.54, 1.807) is 0 Å². The molecule has 38 heavy (non-hydrogen) atoms. The van der Waals surface area contributed by atoms with Gasteiger partial charge in [-0.25, -0.2) is 4.68 Å². The van der Waals surface area contributed by atoms with E-state index in [0.717, 1.165) is 48.1 Å². The first kappa shape index (κ1) is 26.2. The number of rotatable bonds is 11. The summed E-state index contributed by atoms with van der Waals surface area (Å²) in [7, 11) is 0. The predicted octanol–water partition coefficient (Wildman–Crippen LogP) is 6.07. The molecule has 1 aliphatic rings. The molecule has 5 rings (SSSR count). The van der Waals surface area contributed by atoms with E-state index in [-0.39, 0.29) is 12.8 Å². The lowest BCUT2D eigenvalue weighted by Crippen LogP contribution is -2.23. The van der Waals surface area contributed by atoms with Crippen LogP contribution >= 0.6 is 0 Å².